The zero-order valence-electron chi connectivity index (χ0n) is 8.48. The van der Waals surface area contributed by atoms with Crippen molar-refractivity contribution in [3.63, 3.8) is 0 Å². The van der Waals surface area contributed by atoms with Crippen LogP contribution >= 0.6 is 0 Å². The number of nitrogens with two attached hydrogens (primary N) is 1. The van der Waals surface area contributed by atoms with Gasteiger partial charge in [-0.05, 0) is 36.9 Å². The third-order valence-electron chi connectivity index (χ3n) is 2.33. The topological polar surface area (TPSA) is 26.0 Å². The van der Waals surface area contributed by atoms with Crippen molar-refractivity contribution in [2.24, 2.45) is 11.7 Å². The second kappa shape index (κ2) is 4.51. The summed E-state index contributed by atoms with van der Waals surface area (Å²) >= 11 is 0. The van der Waals surface area contributed by atoms with E-state index >= 15 is 0 Å². The summed E-state index contributed by atoms with van der Waals surface area (Å²) in [4.78, 5) is 0. The van der Waals surface area contributed by atoms with Crippen molar-refractivity contribution in [1.29, 1.82) is 0 Å². The number of hydrogen-bond acceptors (Lipinski definition) is 1. The van der Waals surface area contributed by atoms with E-state index in [1.807, 2.05) is 6.92 Å². The number of benzene rings is 1. The molecule has 0 aliphatic rings. The Labute approximate surface area is 82.9 Å². The van der Waals surface area contributed by atoms with Crippen LogP contribution < -0.4 is 5.73 Å². The predicted molar refractivity (Wildman–Crippen MR) is 53.0 cm³/mol. The highest BCUT2D eigenvalue weighted by Gasteiger charge is 2.12. The Kier molecular flexibility index (Phi) is 3.58. The number of hydrogen-bond donors (Lipinski definition) is 1. The molecule has 0 fully saturated rings. The Morgan fingerprint density at radius 2 is 1.93 bits per heavy atom. The van der Waals surface area contributed by atoms with Crippen LogP contribution in [0, 0.1) is 24.5 Å². The van der Waals surface area contributed by atoms with Crippen LogP contribution in [0.25, 0.3) is 0 Å². The molecule has 0 saturated carbocycles. The zero-order chi connectivity index (χ0) is 10.7. The van der Waals surface area contributed by atoms with Crippen molar-refractivity contribution >= 4 is 0 Å². The standard InChI is InChI=1S/C11H15F2N/c1-7(6-14)5-9-4-3-8(2)10(12)11(9)13/h3-4,7H,5-6,14H2,1-2H3. The average Bonchev–Trinajstić information content (AvgIpc) is 2.19. The molecule has 1 nitrogen and oxygen atoms in total. The third-order valence-corrected chi connectivity index (χ3v) is 2.33. The van der Waals surface area contributed by atoms with E-state index in [0.717, 1.165) is 0 Å². The summed E-state index contributed by atoms with van der Waals surface area (Å²) in [6.07, 6.45) is 0.486. The predicted octanol–water partition coefficient (Wildman–Crippen LogP) is 2.41. The first-order valence-electron chi connectivity index (χ1n) is 4.69. The normalized spacial score (nSPS) is 12.9. The number of aryl methyl sites for hydroxylation is 1. The molecule has 0 radical (unpaired) electrons. The fourth-order valence-corrected chi connectivity index (χ4v) is 1.30. The molecule has 1 unspecified atom stereocenters. The van der Waals surface area contributed by atoms with Gasteiger partial charge >= 0.3 is 0 Å². The number of halogens is 2. The first kappa shape index (κ1) is 11.1. The molecule has 1 atom stereocenters. The lowest BCUT2D eigenvalue weighted by Crippen LogP contribution is -2.14. The summed E-state index contributed by atoms with van der Waals surface area (Å²) in [6.45, 7) is 3.95. The Morgan fingerprint density at radius 3 is 2.50 bits per heavy atom. The van der Waals surface area contributed by atoms with Crippen LogP contribution in [0.4, 0.5) is 8.78 Å². The summed E-state index contributed by atoms with van der Waals surface area (Å²) in [5.74, 6) is -1.30. The van der Waals surface area contributed by atoms with E-state index in [4.69, 9.17) is 5.73 Å². The second-order valence-corrected chi connectivity index (χ2v) is 3.71. The van der Waals surface area contributed by atoms with E-state index in [2.05, 4.69) is 0 Å². The highest BCUT2D eigenvalue weighted by molar-refractivity contribution is 5.25. The Hall–Kier alpha value is -0.960. The molecule has 2 N–H and O–H groups in total. The molecule has 0 aliphatic carbocycles. The molecule has 3 heteroatoms. The van der Waals surface area contributed by atoms with E-state index in [1.165, 1.54) is 0 Å². The van der Waals surface area contributed by atoms with Gasteiger partial charge in [-0.1, -0.05) is 19.1 Å². The molecule has 14 heavy (non-hydrogen) atoms. The fraction of sp³-hybridized carbons (Fsp3) is 0.455. The van der Waals surface area contributed by atoms with Crippen LogP contribution in [0.1, 0.15) is 18.1 Å². The van der Waals surface area contributed by atoms with Crippen LogP contribution in [0.5, 0.6) is 0 Å². The van der Waals surface area contributed by atoms with Crippen molar-refractivity contribution in [2.75, 3.05) is 6.54 Å². The van der Waals surface area contributed by atoms with Gasteiger partial charge in [-0.25, -0.2) is 8.78 Å². The highest BCUT2D eigenvalue weighted by Crippen LogP contribution is 2.18. The van der Waals surface area contributed by atoms with Crippen LogP contribution in [-0.4, -0.2) is 6.54 Å². The molecule has 1 rings (SSSR count). The highest BCUT2D eigenvalue weighted by atomic mass is 19.2. The smallest absolute Gasteiger partial charge is 0.162 e. The van der Waals surface area contributed by atoms with Crippen molar-refractivity contribution in [3.8, 4) is 0 Å². The van der Waals surface area contributed by atoms with Gasteiger partial charge in [0.2, 0.25) is 0 Å². The SMILES string of the molecule is Cc1ccc(CC(C)CN)c(F)c1F. The zero-order valence-corrected chi connectivity index (χ0v) is 8.48. The minimum Gasteiger partial charge on any atom is -0.330 e. The maximum atomic E-state index is 13.3. The van der Waals surface area contributed by atoms with E-state index in [0.29, 0.717) is 24.1 Å². The first-order valence-corrected chi connectivity index (χ1v) is 4.69. The van der Waals surface area contributed by atoms with E-state index in [1.54, 1.807) is 19.1 Å². The summed E-state index contributed by atoms with van der Waals surface area (Å²) in [5, 5.41) is 0. The van der Waals surface area contributed by atoms with Crippen molar-refractivity contribution in [1.82, 2.24) is 0 Å². The van der Waals surface area contributed by atoms with E-state index in [-0.39, 0.29) is 5.92 Å². The lowest BCUT2D eigenvalue weighted by molar-refractivity contribution is 0.481. The van der Waals surface area contributed by atoms with Gasteiger partial charge in [0, 0.05) is 0 Å². The Morgan fingerprint density at radius 1 is 1.29 bits per heavy atom. The average molecular weight is 199 g/mol. The summed E-state index contributed by atoms with van der Waals surface area (Å²) in [5.41, 5.74) is 6.17. The van der Waals surface area contributed by atoms with Gasteiger partial charge in [-0.2, -0.15) is 0 Å². The molecule has 0 aliphatic heterocycles. The molecule has 0 spiro atoms. The molecule has 0 heterocycles. The lowest BCUT2D eigenvalue weighted by Gasteiger charge is -2.10. The maximum absolute atomic E-state index is 13.3. The molecule has 0 aromatic heterocycles. The largest absolute Gasteiger partial charge is 0.330 e. The molecule has 1 aromatic rings. The molecule has 78 valence electrons. The molecule has 0 bridgehead atoms. The van der Waals surface area contributed by atoms with Crippen LogP contribution in [0.3, 0.4) is 0 Å². The fourth-order valence-electron chi connectivity index (χ4n) is 1.30. The van der Waals surface area contributed by atoms with Crippen LogP contribution in [0.2, 0.25) is 0 Å². The monoisotopic (exact) mass is 199 g/mol. The minimum atomic E-state index is -0.744. The minimum absolute atomic E-state index is 0.173. The number of rotatable bonds is 3. The van der Waals surface area contributed by atoms with Gasteiger partial charge in [0.05, 0.1) is 0 Å². The Bertz CT molecular complexity index is 323. The lowest BCUT2D eigenvalue weighted by atomic mass is 9.99. The van der Waals surface area contributed by atoms with Crippen LogP contribution in [0.15, 0.2) is 12.1 Å². The third kappa shape index (κ3) is 2.29. The van der Waals surface area contributed by atoms with Crippen molar-refractivity contribution in [3.05, 3.63) is 34.9 Å². The van der Waals surface area contributed by atoms with Gasteiger partial charge in [0.15, 0.2) is 11.6 Å². The van der Waals surface area contributed by atoms with Crippen molar-refractivity contribution < 1.29 is 8.78 Å². The quantitative estimate of drug-likeness (QED) is 0.794. The molecular weight excluding hydrogens is 184 g/mol. The summed E-state index contributed by atoms with van der Waals surface area (Å²) < 4.78 is 26.5. The maximum Gasteiger partial charge on any atom is 0.162 e. The molecule has 0 saturated heterocycles. The van der Waals surface area contributed by atoms with Crippen molar-refractivity contribution in [2.45, 2.75) is 20.3 Å². The van der Waals surface area contributed by atoms with Gasteiger partial charge in [0.1, 0.15) is 0 Å². The summed E-state index contributed by atoms with van der Waals surface area (Å²) in [6, 6.07) is 3.22. The molecule has 0 amide bonds. The van der Waals surface area contributed by atoms with Gasteiger partial charge in [0.25, 0.3) is 0 Å². The van der Waals surface area contributed by atoms with E-state index in [9.17, 15) is 8.78 Å². The van der Waals surface area contributed by atoms with Gasteiger partial charge in [-0.15, -0.1) is 0 Å². The second-order valence-electron chi connectivity index (χ2n) is 3.71. The van der Waals surface area contributed by atoms with Crippen LogP contribution in [-0.2, 0) is 6.42 Å². The molecule has 1 aromatic carbocycles. The Balaban J connectivity index is 2.94. The first-order chi connectivity index (χ1) is 6.56. The van der Waals surface area contributed by atoms with Gasteiger partial charge < -0.3 is 5.73 Å². The van der Waals surface area contributed by atoms with E-state index < -0.39 is 11.6 Å². The summed E-state index contributed by atoms with van der Waals surface area (Å²) in [7, 11) is 0. The van der Waals surface area contributed by atoms with Gasteiger partial charge in [-0.3, -0.25) is 0 Å². The molecular formula is C11H15F2N.